The number of nitrogens with zero attached hydrogens (tertiary/aromatic N) is 8. The van der Waals surface area contributed by atoms with Gasteiger partial charge in [-0.15, -0.1) is 6.42 Å². The molecule has 99 heavy (non-hydrogen) atoms. The normalized spacial score (nSPS) is 11.7. The number of rotatable bonds is 4. The highest BCUT2D eigenvalue weighted by Crippen LogP contribution is 2.41. The third-order valence-corrected chi connectivity index (χ3v) is 17.7. The largest absolute Gasteiger partial charge is 0.349 e. The molecule has 8 aromatic carbocycles. The van der Waals surface area contributed by atoms with E-state index in [-0.39, 0.29) is 35.1 Å². The number of fused-ring (bicyclic) bond motifs is 9. The third-order valence-electron chi connectivity index (χ3n) is 17.7. The number of anilines is 2. The van der Waals surface area contributed by atoms with E-state index in [2.05, 4.69) is 372 Å². The first-order valence-corrected chi connectivity index (χ1v) is 34.6. The van der Waals surface area contributed by atoms with Crippen molar-refractivity contribution in [3.8, 4) is 24.1 Å². The minimum atomic E-state index is -0.0498. The molecule has 14 rings (SSSR count). The van der Waals surface area contributed by atoms with Crippen molar-refractivity contribution in [2.75, 3.05) is 4.90 Å². The van der Waals surface area contributed by atoms with E-state index in [0.29, 0.717) is 11.6 Å². The Morgan fingerprint density at radius 3 is 1.07 bits per heavy atom. The van der Waals surface area contributed by atoms with Crippen molar-refractivity contribution in [2.24, 2.45) is 0 Å². The Labute approximate surface area is 592 Å². The first kappa shape index (κ1) is 74.6. The molecule has 0 spiro atoms. The maximum absolute atomic E-state index is 9.15. The van der Waals surface area contributed by atoms with Crippen LogP contribution in [0, 0.1) is 51.4 Å². The van der Waals surface area contributed by atoms with E-state index in [1.165, 1.54) is 83.4 Å². The summed E-state index contributed by atoms with van der Waals surface area (Å²) in [6, 6.07) is 81.3. The van der Waals surface area contributed by atoms with Crippen LogP contribution in [0.1, 0.15) is 159 Å². The van der Waals surface area contributed by atoms with Crippen molar-refractivity contribution in [2.45, 2.75) is 187 Å². The van der Waals surface area contributed by atoms with Gasteiger partial charge >= 0.3 is 0 Å². The Hall–Kier alpha value is -10.2. The first-order chi connectivity index (χ1) is 46.3. The quantitative estimate of drug-likeness (QED) is 0.165. The Morgan fingerprint density at radius 2 is 0.707 bits per heavy atom. The van der Waals surface area contributed by atoms with Crippen LogP contribution in [0.4, 0.5) is 11.4 Å². The first-order valence-electron chi connectivity index (χ1n) is 34.6. The smallest absolute Gasteiger partial charge is 0.0991 e. The number of hydrogen-bond acceptors (Lipinski definition) is 2. The van der Waals surface area contributed by atoms with Gasteiger partial charge in [0.2, 0.25) is 0 Å². The summed E-state index contributed by atoms with van der Waals surface area (Å²) in [6.07, 6.45) is 9.69. The molecule has 0 aliphatic heterocycles. The van der Waals surface area contributed by atoms with Gasteiger partial charge in [0, 0.05) is 135 Å². The fourth-order valence-electron chi connectivity index (χ4n) is 14.1. The summed E-state index contributed by atoms with van der Waals surface area (Å²) >= 11 is 0. The molecule has 0 fully saturated rings. The lowest BCUT2D eigenvalue weighted by Gasteiger charge is -2.29. The Balaban J connectivity index is 0.000000160. The fourth-order valence-corrected chi connectivity index (χ4v) is 14.1. The van der Waals surface area contributed by atoms with Gasteiger partial charge in [-0.1, -0.05) is 116 Å². The van der Waals surface area contributed by atoms with Crippen molar-refractivity contribution >= 4 is 76.8 Å². The monoisotopic (exact) mass is 1310 g/mol. The topological polar surface area (TPSA) is 56.6 Å². The Morgan fingerprint density at radius 1 is 0.354 bits per heavy atom. The van der Waals surface area contributed by atoms with Gasteiger partial charge in [-0.05, 0) is 267 Å². The molecule has 0 saturated carbocycles. The summed E-state index contributed by atoms with van der Waals surface area (Å²) in [4.78, 5) is 2.33. The number of para-hydroxylation sites is 6. The minimum absolute atomic E-state index is 0. The highest BCUT2D eigenvalue weighted by molar-refractivity contribution is 6.14. The molecule has 0 atom stereocenters. The Kier molecular flexibility index (Phi) is 22.9. The summed E-state index contributed by atoms with van der Waals surface area (Å²) in [5, 5.41) is 16.5. The molecule has 0 N–H and O–H groups in total. The molecule has 512 valence electrons. The SMILES string of the molecule is C.C#Cc1ccc2c(c1)c1cc(C#N)ccc1n2C(C)(C)C.CC(C)(C)n1c2ccccc2c2cccc(-n3c4ccccc4c4ccccc43)c21.CC(C)(C)n1cccc1.CC(C)N(c1ccccc1)c1ccccc1.Cc1ccc(C)n1C(C)(C)C.Cc1ccc(C)n1C(C)(C)C. The van der Waals surface area contributed by atoms with E-state index in [9.17, 15) is 0 Å². The van der Waals surface area contributed by atoms with Crippen LogP contribution in [-0.2, 0) is 27.7 Å². The van der Waals surface area contributed by atoms with Crippen molar-refractivity contribution < 1.29 is 0 Å². The zero-order chi connectivity index (χ0) is 71.2. The molecule has 0 aliphatic carbocycles. The maximum Gasteiger partial charge on any atom is 0.0991 e. The van der Waals surface area contributed by atoms with Crippen molar-refractivity contribution in [3.05, 3.63) is 271 Å². The molecular weight excluding hydrogens is 1210 g/mol. The molecule has 0 aliphatic rings. The molecule has 0 bridgehead atoms. The number of aromatic nitrogens is 6. The van der Waals surface area contributed by atoms with Crippen molar-refractivity contribution in [1.29, 1.82) is 5.26 Å². The number of nitriles is 1. The number of benzene rings is 8. The second kappa shape index (κ2) is 30.3. The summed E-state index contributed by atoms with van der Waals surface area (Å²) in [5.74, 6) is 2.69. The van der Waals surface area contributed by atoms with Crippen LogP contribution in [-0.4, -0.2) is 33.4 Å². The zero-order valence-corrected chi connectivity index (χ0v) is 62.2. The number of terminal acetylenes is 1. The highest BCUT2D eigenvalue weighted by Gasteiger charge is 2.26. The van der Waals surface area contributed by atoms with Crippen molar-refractivity contribution in [1.82, 2.24) is 27.4 Å². The van der Waals surface area contributed by atoms with Crippen LogP contribution in [0.2, 0.25) is 0 Å². The van der Waals surface area contributed by atoms with Gasteiger partial charge in [0.25, 0.3) is 0 Å². The van der Waals surface area contributed by atoms with E-state index in [1.807, 2.05) is 54.6 Å². The summed E-state index contributed by atoms with van der Waals surface area (Å²) < 4.78 is 14.1. The zero-order valence-electron chi connectivity index (χ0n) is 62.2. The van der Waals surface area contributed by atoms with Gasteiger partial charge in [-0.3, -0.25) is 0 Å². The predicted octanol–water partition coefficient (Wildman–Crippen LogP) is 24.9. The molecule has 0 radical (unpaired) electrons. The van der Waals surface area contributed by atoms with Crippen molar-refractivity contribution in [3.63, 3.8) is 0 Å². The van der Waals surface area contributed by atoms with E-state index in [4.69, 9.17) is 11.7 Å². The third kappa shape index (κ3) is 16.5. The van der Waals surface area contributed by atoms with Gasteiger partial charge in [-0.25, -0.2) is 0 Å². The number of hydrogen-bond donors (Lipinski definition) is 0. The average Bonchev–Trinajstić information content (AvgIpc) is 1.57. The molecule has 6 heterocycles. The van der Waals surface area contributed by atoms with Gasteiger partial charge in [-0.2, -0.15) is 5.26 Å². The molecule has 0 saturated heterocycles. The van der Waals surface area contributed by atoms with Gasteiger partial charge in [0.05, 0.1) is 33.9 Å². The second-order valence-electron chi connectivity index (χ2n) is 30.9. The summed E-state index contributed by atoms with van der Waals surface area (Å²) in [5.41, 5.74) is 18.5. The van der Waals surface area contributed by atoms with E-state index in [1.54, 1.807) is 0 Å². The highest BCUT2D eigenvalue weighted by atomic mass is 15.2. The summed E-state index contributed by atoms with van der Waals surface area (Å²) in [6.45, 7) is 46.4. The van der Waals surface area contributed by atoms with Crippen LogP contribution in [0.5, 0.6) is 0 Å². The van der Waals surface area contributed by atoms with Crippen LogP contribution in [0.15, 0.2) is 237 Å². The summed E-state index contributed by atoms with van der Waals surface area (Å²) in [7, 11) is 0. The maximum atomic E-state index is 9.15. The predicted molar refractivity (Wildman–Crippen MR) is 430 cm³/mol. The van der Waals surface area contributed by atoms with Crippen LogP contribution in [0.3, 0.4) is 0 Å². The van der Waals surface area contributed by atoms with Gasteiger partial charge < -0.3 is 32.3 Å². The molecule has 14 aromatic rings. The fraction of sp³-hybridized carbons (Fsp3) is 0.308. The molecule has 8 heteroatoms. The molecule has 6 aromatic heterocycles. The van der Waals surface area contributed by atoms with Crippen LogP contribution < -0.4 is 4.90 Å². The molecule has 0 unspecified atom stereocenters. The van der Waals surface area contributed by atoms with Crippen LogP contribution in [0.25, 0.3) is 71.1 Å². The van der Waals surface area contributed by atoms with Gasteiger partial charge in [0.15, 0.2) is 0 Å². The van der Waals surface area contributed by atoms with E-state index >= 15 is 0 Å². The van der Waals surface area contributed by atoms with E-state index in [0.717, 1.165) is 27.4 Å². The molecular formula is C91H108N8. The lowest BCUT2D eigenvalue weighted by Crippen LogP contribution is -2.25. The van der Waals surface area contributed by atoms with E-state index < -0.39 is 0 Å². The average molecular weight is 1310 g/mol. The standard InChI is InChI=1S/C28H24N2.C19H16N2.C15H17N.2C10H17N.C8H13N.CH4/c1-28(2,3)30-25-17-9-6-13-21(25)22-14-10-18-26(27(22)30)29-23-15-7-4-11-19(23)20-12-5-8-16-24(20)29;1-5-13-6-8-17-15(10-13)16-11-14(12-20)7-9-18(16)21(17)19(2,3)4;1-13(2)16(14-9-5-3-6-10-14)15-11-7-4-8-12-15;2*1-8-6-7-9(2)11(8)10(3,4)5;1-8(2,3)9-6-4-5-7-9;/h4-18H,1-3H3;1,6-11H,2-4H3;3-13H,1-2H3;2*6-7H,1-5H3;4-7H,1-3H3;1H4. The lowest BCUT2D eigenvalue weighted by atomic mass is 10.1. The number of aryl methyl sites for hydroxylation is 4. The minimum Gasteiger partial charge on any atom is -0.349 e. The second-order valence-corrected chi connectivity index (χ2v) is 30.9. The molecule has 0 amide bonds. The Bertz CT molecular complexity index is 4820. The lowest BCUT2D eigenvalue weighted by molar-refractivity contribution is 0.383. The molecule has 8 nitrogen and oxygen atoms in total. The van der Waals surface area contributed by atoms with Crippen LogP contribution >= 0.6 is 0 Å². The van der Waals surface area contributed by atoms with Gasteiger partial charge in [0.1, 0.15) is 0 Å².